The Morgan fingerprint density at radius 3 is 2.83 bits per heavy atom. The number of likely N-dealkylation sites (tertiary alicyclic amines) is 1. The number of nitrogens with zero attached hydrogens (tertiary/aromatic N) is 3. The molecule has 2 rings (SSSR count). The highest BCUT2D eigenvalue weighted by atomic mass is 19.1. The fourth-order valence-electron chi connectivity index (χ4n) is 2.73. The van der Waals surface area contributed by atoms with Gasteiger partial charge in [-0.1, -0.05) is 13.8 Å². The zero-order valence-electron chi connectivity index (χ0n) is 14.4. The molecule has 1 aliphatic rings. The van der Waals surface area contributed by atoms with E-state index in [9.17, 15) is 9.18 Å². The van der Waals surface area contributed by atoms with E-state index >= 15 is 0 Å². The number of aryl methyl sites for hydroxylation is 2. The lowest BCUT2D eigenvalue weighted by Gasteiger charge is -2.21. The van der Waals surface area contributed by atoms with E-state index in [4.69, 9.17) is 9.47 Å². The fraction of sp³-hybridized carbons (Fsp3) is 0.688. The first-order valence-electron chi connectivity index (χ1n) is 8.24. The minimum absolute atomic E-state index is 0.000821. The lowest BCUT2D eigenvalue weighted by atomic mass is 10.2. The Balaban J connectivity index is 2.16. The van der Waals surface area contributed by atoms with E-state index in [2.05, 4.69) is 15.3 Å². The van der Waals surface area contributed by atoms with Crippen molar-refractivity contribution in [2.24, 2.45) is 0 Å². The van der Waals surface area contributed by atoms with Crippen LogP contribution in [0.2, 0.25) is 0 Å². The highest BCUT2D eigenvalue weighted by Gasteiger charge is 2.37. The Morgan fingerprint density at radius 2 is 2.21 bits per heavy atom. The molecular formula is C16H25FN4O3. The van der Waals surface area contributed by atoms with E-state index in [1.54, 1.807) is 11.1 Å². The van der Waals surface area contributed by atoms with Gasteiger partial charge in [0.15, 0.2) is 0 Å². The second-order valence-corrected chi connectivity index (χ2v) is 5.59. The molecular weight excluding hydrogens is 315 g/mol. The summed E-state index contributed by atoms with van der Waals surface area (Å²) in [6.45, 7) is 4.22. The number of aromatic nitrogens is 2. The zero-order valence-corrected chi connectivity index (χ0v) is 14.4. The summed E-state index contributed by atoms with van der Waals surface area (Å²) >= 11 is 0. The van der Waals surface area contributed by atoms with Gasteiger partial charge in [0.1, 0.15) is 12.5 Å². The highest BCUT2D eigenvalue weighted by Crippen LogP contribution is 2.21. The number of alkyl halides is 1. The van der Waals surface area contributed by atoms with Crippen LogP contribution in [0.5, 0.6) is 0 Å². The van der Waals surface area contributed by atoms with Crippen LogP contribution >= 0.6 is 0 Å². The van der Waals surface area contributed by atoms with E-state index in [1.807, 2.05) is 13.8 Å². The van der Waals surface area contributed by atoms with Gasteiger partial charge >= 0.3 is 6.09 Å². The lowest BCUT2D eigenvalue weighted by molar-refractivity contribution is 0.0443. The normalized spacial score (nSPS) is 20.2. The third kappa shape index (κ3) is 4.31. The topological polar surface area (TPSA) is 76.6 Å². The molecule has 2 heterocycles. The molecule has 134 valence electrons. The van der Waals surface area contributed by atoms with E-state index in [1.165, 1.54) is 7.11 Å². The van der Waals surface area contributed by atoms with E-state index in [-0.39, 0.29) is 18.8 Å². The van der Waals surface area contributed by atoms with Crippen LogP contribution in [-0.2, 0) is 22.3 Å². The molecule has 1 N–H and O–H groups in total. The highest BCUT2D eigenvalue weighted by molar-refractivity contribution is 5.68. The third-order valence-corrected chi connectivity index (χ3v) is 4.03. The molecule has 0 aliphatic carbocycles. The maximum Gasteiger partial charge on any atom is 0.409 e. The predicted octanol–water partition coefficient (Wildman–Crippen LogP) is 1.82. The molecule has 0 spiro atoms. The Hall–Kier alpha value is -1.96. The van der Waals surface area contributed by atoms with Crippen molar-refractivity contribution in [1.29, 1.82) is 0 Å². The molecule has 0 saturated carbocycles. The van der Waals surface area contributed by atoms with Crippen LogP contribution in [0.15, 0.2) is 6.20 Å². The summed E-state index contributed by atoms with van der Waals surface area (Å²) < 4.78 is 22.8. The largest absolute Gasteiger partial charge is 0.453 e. The standard InChI is InChI=1S/C16H25FN4O3/c1-4-11-8-18-12(5-2)15(19-11)20-13-9-21(16(22)23-3)10-14(13)24-7-6-17/h8,13-14H,4-7,9-10H2,1-3H3,(H,19,20). The van der Waals surface area contributed by atoms with Crippen molar-refractivity contribution in [3.8, 4) is 0 Å². The molecule has 1 aliphatic heterocycles. The Bertz CT molecular complexity index is 558. The number of hydrogen-bond acceptors (Lipinski definition) is 6. The monoisotopic (exact) mass is 340 g/mol. The SMILES string of the molecule is CCc1cnc(CC)c(NC2CN(C(=O)OC)CC2OCCF)n1. The van der Waals surface area contributed by atoms with Crippen LogP contribution in [0, 0.1) is 0 Å². The van der Waals surface area contributed by atoms with Gasteiger partial charge < -0.3 is 19.7 Å². The molecule has 2 atom stereocenters. The van der Waals surface area contributed by atoms with Crippen LogP contribution < -0.4 is 5.32 Å². The van der Waals surface area contributed by atoms with Crippen molar-refractivity contribution in [2.45, 2.75) is 38.8 Å². The number of methoxy groups -OCH3 is 1. The predicted molar refractivity (Wildman–Crippen MR) is 87.9 cm³/mol. The summed E-state index contributed by atoms with van der Waals surface area (Å²) in [6, 6.07) is -0.192. The third-order valence-electron chi connectivity index (χ3n) is 4.03. The molecule has 1 aromatic heterocycles. The first-order chi connectivity index (χ1) is 11.6. The summed E-state index contributed by atoms with van der Waals surface area (Å²) in [6.07, 6.45) is 2.56. The van der Waals surface area contributed by atoms with E-state index in [0.29, 0.717) is 18.9 Å². The summed E-state index contributed by atoms with van der Waals surface area (Å²) in [5.41, 5.74) is 1.74. The molecule has 0 aromatic carbocycles. The van der Waals surface area contributed by atoms with Gasteiger partial charge in [0.05, 0.1) is 43.8 Å². The lowest BCUT2D eigenvalue weighted by Crippen LogP contribution is -2.35. The molecule has 1 aromatic rings. The minimum Gasteiger partial charge on any atom is -0.453 e. The molecule has 1 saturated heterocycles. The minimum atomic E-state index is -0.563. The van der Waals surface area contributed by atoms with Crippen molar-refractivity contribution in [3.63, 3.8) is 0 Å². The van der Waals surface area contributed by atoms with E-state index < -0.39 is 12.8 Å². The van der Waals surface area contributed by atoms with Crippen LogP contribution in [0.4, 0.5) is 15.0 Å². The van der Waals surface area contributed by atoms with Gasteiger partial charge in [-0.25, -0.2) is 14.2 Å². The Labute approximate surface area is 141 Å². The maximum absolute atomic E-state index is 12.5. The van der Waals surface area contributed by atoms with Gasteiger partial charge in [0.25, 0.3) is 0 Å². The molecule has 0 bridgehead atoms. The zero-order chi connectivity index (χ0) is 17.5. The number of halogens is 1. The molecule has 1 fully saturated rings. The first kappa shape index (κ1) is 18.4. The van der Waals surface area contributed by atoms with Crippen molar-refractivity contribution in [3.05, 3.63) is 17.6 Å². The molecule has 1 amide bonds. The van der Waals surface area contributed by atoms with Gasteiger partial charge in [-0.15, -0.1) is 0 Å². The molecule has 7 nitrogen and oxygen atoms in total. The van der Waals surface area contributed by atoms with Crippen molar-refractivity contribution in [2.75, 3.05) is 38.8 Å². The average molecular weight is 340 g/mol. The number of carbonyl (C=O) groups is 1. The van der Waals surface area contributed by atoms with Crippen molar-refractivity contribution < 1.29 is 18.7 Å². The van der Waals surface area contributed by atoms with E-state index in [0.717, 1.165) is 24.2 Å². The second-order valence-electron chi connectivity index (χ2n) is 5.59. The fourth-order valence-corrected chi connectivity index (χ4v) is 2.73. The molecule has 2 unspecified atom stereocenters. The van der Waals surface area contributed by atoms with Gasteiger partial charge in [0, 0.05) is 12.7 Å². The molecule has 8 heteroatoms. The number of carbonyl (C=O) groups excluding carboxylic acids is 1. The van der Waals surface area contributed by atoms with Gasteiger partial charge in [-0.2, -0.15) is 0 Å². The number of amides is 1. The Morgan fingerprint density at radius 1 is 1.42 bits per heavy atom. The number of nitrogens with one attached hydrogen (secondary N) is 1. The summed E-state index contributed by atoms with van der Waals surface area (Å²) in [5, 5.41) is 3.33. The number of rotatable bonds is 7. The second kappa shape index (κ2) is 8.77. The van der Waals surface area contributed by atoms with Crippen LogP contribution in [-0.4, -0.2) is 66.6 Å². The Kier molecular flexibility index (Phi) is 6.72. The molecule has 24 heavy (non-hydrogen) atoms. The number of anilines is 1. The average Bonchev–Trinajstić information content (AvgIpc) is 3.01. The number of hydrogen-bond donors (Lipinski definition) is 1. The smallest absolute Gasteiger partial charge is 0.409 e. The van der Waals surface area contributed by atoms with Crippen LogP contribution in [0.3, 0.4) is 0 Å². The summed E-state index contributed by atoms with van der Waals surface area (Å²) in [7, 11) is 1.34. The van der Waals surface area contributed by atoms with Crippen LogP contribution in [0.25, 0.3) is 0 Å². The quantitative estimate of drug-likeness (QED) is 0.816. The van der Waals surface area contributed by atoms with Gasteiger partial charge in [0.2, 0.25) is 0 Å². The van der Waals surface area contributed by atoms with Crippen molar-refractivity contribution in [1.82, 2.24) is 14.9 Å². The van der Waals surface area contributed by atoms with Gasteiger partial charge in [-0.3, -0.25) is 4.98 Å². The summed E-state index contributed by atoms with van der Waals surface area (Å²) in [4.78, 5) is 22.3. The summed E-state index contributed by atoms with van der Waals surface area (Å²) in [5.74, 6) is 0.697. The van der Waals surface area contributed by atoms with Gasteiger partial charge in [-0.05, 0) is 12.8 Å². The van der Waals surface area contributed by atoms with Crippen LogP contribution in [0.1, 0.15) is 25.2 Å². The number of ether oxygens (including phenoxy) is 2. The molecule has 0 radical (unpaired) electrons. The van der Waals surface area contributed by atoms with Crippen molar-refractivity contribution >= 4 is 11.9 Å². The maximum atomic E-state index is 12.5. The first-order valence-corrected chi connectivity index (χ1v) is 8.24.